The molecule has 0 saturated carbocycles. The minimum absolute atomic E-state index is 0.0578. The van der Waals surface area contributed by atoms with Crippen LogP contribution in [0.3, 0.4) is 0 Å². The Bertz CT molecular complexity index is 598. The molecule has 0 radical (unpaired) electrons. The molecular weight excluding hydrogens is 276 g/mol. The molecule has 0 saturated heterocycles. The third kappa shape index (κ3) is 3.80. The van der Waals surface area contributed by atoms with Crippen LogP contribution in [0.25, 0.3) is 0 Å². The highest BCUT2D eigenvalue weighted by molar-refractivity contribution is 7.89. The highest BCUT2D eigenvalue weighted by Gasteiger charge is 2.19. The lowest BCUT2D eigenvalue weighted by Gasteiger charge is -2.18. The fraction of sp³-hybridized carbons (Fsp3) is 0.500. The smallest absolute Gasteiger partial charge is 0.238 e. The van der Waals surface area contributed by atoms with E-state index in [-0.39, 0.29) is 22.6 Å². The van der Waals surface area contributed by atoms with Gasteiger partial charge in [-0.1, -0.05) is 20.8 Å². The first kappa shape index (κ1) is 16.7. The van der Waals surface area contributed by atoms with E-state index in [1.807, 2.05) is 20.8 Å². The second-order valence-electron chi connectivity index (χ2n) is 5.50. The zero-order chi connectivity index (χ0) is 15.7. The van der Waals surface area contributed by atoms with E-state index < -0.39 is 10.0 Å². The van der Waals surface area contributed by atoms with Crippen molar-refractivity contribution in [2.24, 2.45) is 17.0 Å². The highest BCUT2D eigenvalue weighted by atomic mass is 32.2. The van der Waals surface area contributed by atoms with Crippen LogP contribution in [-0.4, -0.2) is 14.3 Å². The molecule has 0 heterocycles. The Kier molecular flexibility index (Phi) is 4.94. The number of rotatable bonds is 4. The summed E-state index contributed by atoms with van der Waals surface area (Å²) in [5.41, 5.74) is 2.01. The molecule has 20 heavy (non-hydrogen) atoms. The molecule has 0 fully saturated rings. The van der Waals surface area contributed by atoms with Crippen LogP contribution < -0.4 is 10.5 Å². The molecular formula is C14H22N2O3S. The van der Waals surface area contributed by atoms with Gasteiger partial charge in [0.2, 0.25) is 15.9 Å². The quantitative estimate of drug-likeness (QED) is 0.892. The van der Waals surface area contributed by atoms with Gasteiger partial charge in [0.05, 0.1) is 4.90 Å². The summed E-state index contributed by atoms with van der Waals surface area (Å²) in [6.45, 7) is 9.32. The topological polar surface area (TPSA) is 89.3 Å². The highest BCUT2D eigenvalue weighted by Crippen LogP contribution is 2.25. The van der Waals surface area contributed by atoms with Crippen LogP contribution in [-0.2, 0) is 14.8 Å². The van der Waals surface area contributed by atoms with Gasteiger partial charge in [-0.3, -0.25) is 4.79 Å². The van der Waals surface area contributed by atoms with Gasteiger partial charge < -0.3 is 5.32 Å². The summed E-state index contributed by atoms with van der Waals surface area (Å²) in [7, 11) is -3.74. The summed E-state index contributed by atoms with van der Waals surface area (Å²) in [6, 6.07) is 2.94. The number of sulfonamides is 1. The second kappa shape index (κ2) is 5.93. The number of aryl methyl sites for hydroxylation is 2. The molecule has 0 bridgehead atoms. The third-order valence-electron chi connectivity index (χ3n) is 3.50. The summed E-state index contributed by atoms with van der Waals surface area (Å²) < 4.78 is 22.7. The molecule has 3 N–H and O–H groups in total. The van der Waals surface area contributed by atoms with Gasteiger partial charge in [-0.2, -0.15) is 0 Å². The van der Waals surface area contributed by atoms with Crippen LogP contribution in [0, 0.1) is 25.7 Å². The molecule has 5 nitrogen and oxygen atoms in total. The summed E-state index contributed by atoms with van der Waals surface area (Å²) >= 11 is 0. The van der Waals surface area contributed by atoms with Crippen molar-refractivity contribution in [2.45, 2.75) is 39.5 Å². The molecule has 1 rings (SSSR count). The minimum Gasteiger partial charge on any atom is -0.325 e. The number of amides is 1. The minimum atomic E-state index is -3.74. The monoisotopic (exact) mass is 298 g/mol. The Labute approximate surface area is 120 Å². The van der Waals surface area contributed by atoms with Crippen molar-refractivity contribution in [2.75, 3.05) is 5.32 Å². The number of benzene rings is 1. The van der Waals surface area contributed by atoms with Gasteiger partial charge in [0.1, 0.15) is 0 Å². The Morgan fingerprint density at radius 1 is 1.15 bits per heavy atom. The second-order valence-corrected chi connectivity index (χ2v) is 7.06. The normalized spacial score (nSPS) is 13.3. The molecule has 0 aliphatic rings. The van der Waals surface area contributed by atoms with Gasteiger partial charge in [0.15, 0.2) is 0 Å². The van der Waals surface area contributed by atoms with E-state index in [1.54, 1.807) is 13.8 Å². The zero-order valence-corrected chi connectivity index (χ0v) is 13.3. The Morgan fingerprint density at radius 3 is 1.95 bits per heavy atom. The maximum Gasteiger partial charge on any atom is 0.238 e. The average Bonchev–Trinajstić information content (AvgIpc) is 2.30. The van der Waals surface area contributed by atoms with Crippen molar-refractivity contribution >= 4 is 21.6 Å². The first-order chi connectivity index (χ1) is 9.04. The maximum absolute atomic E-state index is 12.1. The fourth-order valence-electron chi connectivity index (χ4n) is 1.83. The van der Waals surface area contributed by atoms with Crippen LogP contribution >= 0.6 is 0 Å². The van der Waals surface area contributed by atoms with Crippen molar-refractivity contribution in [1.82, 2.24) is 0 Å². The number of carbonyl (C=O) groups is 1. The first-order valence-corrected chi connectivity index (χ1v) is 8.03. The predicted molar refractivity (Wildman–Crippen MR) is 79.9 cm³/mol. The Morgan fingerprint density at radius 2 is 1.60 bits per heavy atom. The number of nitrogens with two attached hydrogens (primary N) is 1. The molecule has 0 aromatic heterocycles. The van der Waals surface area contributed by atoms with Gasteiger partial charge in [-0.05, 0) is 43.0 Å². The SMILES string of the molecule is Cc1cc(S(N)(=O)=O)cc(C)c1NC(=O)C(C)C(C)C. The summed E-state index contributed by atoms with van der Waals surface area (Å²) in [6.07, 6.45) is 0. The molecule has 1 amide bonds. The van der Waals surface area contributed by atoms with E-state index in [2.05, 4.69) is 5.32 Å². The average molecular weight is 298 g/mol. The lowest BCUT2D eigenvalue weighted by atomic mass is 9.97. The summed E-state index contributed by atoms with van der Waals surface area (Å²) in [5.74, 6) is 0.0422. The van der Waals surface area contributed by atoms with Gasteiger partial charge in [-0.25, -0.2) is 13.6 Å². The van der Waals surface area contributed by atoms with Crippen molar-refractivity contribution in [1.29, 1.82) is 0 Å². The van der Waals surface area contributed by atoms with Gasteiger partial charge in [0, 0.05) is 11.6 Å². The number of carbonyl (C=O) groups excluding carboxylic acids is 1. The molecule has 0 aliphatic heterocycles. The molecule has 6 heteroatoms. The van der Waals surface area contributed by atoms with Gasteiger partial charge in [0.25, 0.3) is 0 Å². The number of nitrogens with one attached hydrogen (secondary N) is 1. The zero-order valence-electron chi connectivity index (χ0n) is 12.5. The third-order valence-corrected chi connectivity index (χ3v) is 4.39. The number of primary sulfonamides is 1. The maximum atomic E-state index is 12.1. The molecule has 1 aromatic carbocycles. The van der Waals surface area contributed by atoms with Gasteiger partial charge in [-0.15, -0.1) is 0 Å². The van der Waals surface area contributed by atoms with E-state index in [4.69, 9.17) is 5.14 Å². The molecule has 1 aromatic rings. The van der Waals surface area contributed by atoms with E-state index in [0.717, 1.165) is 0 Å². The number of hydrogen-bond acceptors (Lipinski definition) is 3. The lowest BCUT2D eigenvalue weighted by Crippen LogP contribution is -2.25. The molecule has 1 atom stereocenters. The van der Waals surface area contributed by atoms with Gasteiger partial charge >= 0.3 is 0 Å². The standard InChI is InChI=1S/C14H22N2O3S/c1-8(2)11(5)14(17)16-13-9(3)6-12(7-10(13)4)20(15,18)19/h6-8,11H,1-5H3,(H,16,17)(H2,15,18,19). The summed E-state index contributed by atoms with van der Waals surface area (Å²) in [5, 5.41) is 7.98. The fourth-order valence-corrected chi connectivity index (χ4v) is 2.51. The van der Waals surface area contributed by atoms with Crippen LogP contribution in [0.15, 0.2) is 17.0 Å². The summed E-state index contributed by atoms with van der Waals surface area (Å²) in [4.78, 5) is 12.1. The van der Waals surface area contributed by atoms with Crippen molar-refractivity contribution in [3.05, 3.63) is 23.3 Å². The van der Waals surface area contributed by atoms with E-state index in [1.165, 1.54) is 12.1 Å². The largest absolute Gasteiger partial charge is 0.325 e. The molecule has 112 valence electrons. The van der Waals surface area contributed by atoms with E-state index >= 15 is 0 Å². The van der Waals surface area contributed by atoms with Crippen LogP contribution in [0.5, 0.6) is 0 Å². The Hall–Kier alpha value is -1.40. The Balaban J connectivity index is 3.13. The van der Waals surface area contributed by atoms with E-state index in [0.29, 0.717) is 16.8 Å². The van der Waals surface area contributed by atoms with Crippen LogP contribution in [0.2, 0.25) is 0 Å². The number of hydrogen-bond donors (Lipinski definition) is 2. The van der Waals surface area contributed by atoms with Crippen molar-refractivity contribution in [3.63, 3.8) is 0 Å². The molecule has 1 unspecified atom stereocenters. The number of anilines is 1. The van der Waals surface area contributed by atoms with Crippen LogP contribution in [0.1, 0.15) is 31.9 Å². The van der Waals surface area contributed by atoms with Crippen molar-refractivity contribution < 1.29 is 13.2 Å². The molecule has 0 aliphatic carbocycles. The first-order valence-electron chi connectivity index (χ1n) is 6.49. The predicted octanol–water partition coefficient (Wildman–Crippen LogP) is 2.18. The molecule has 0 spiro atoms. The van der Waals surface area contributed by atoms with Crippen molar-refractivity contribution in [3.8, 4) is 0 Å². The lowest BCUT2D eigenvalue weighted by molar-refractivity contribution is -0.120. The van der Waals surface area contributed by atoms with Crippen LogP contribution in [0.4, 0.5) is 5.69 Å². The van der Waals surface area contributed by atoms with E-state index in [9.17, 15) is 13.2 Å².